The summed E-state index contributed by atoms with van der Waals surface area (Å²) in [6.07, 6.45) is 4.42. The lowest BCUT2D eigenvalue weighted by Gasteiger charge is -2.15. The van der Waals surface area contributed by atoms with Crippen LogP contribution in [-0.4, -0.2) is 38.9 Å². The number of allylic oxidation sites excluding steroid dienone is 1. The summed E-state index contributed by atoms with van der Waals surface area (Å²) in [4.78, 5) is 44.4. The standard InChI is InChI=1S/C22H26N4O4/c1-13-6-8-15(9-7-13)18(27)26-21-23-12-16(14(2)24-21)19(28)25-17(20(29)30)10-11-22(3,4)5/h6-12,17H,1-5H3,(H,25,28)(H,29,30)(H,23,24,26,27)/b11-10+. The molecule has 158 valence electrons. The van der Waals surface area contributed by atoms with Gasteiger partial charge in [-0.2, -0.15) is 0 Å². The number of rotatable bonds is 6. The SMILES string of the molecule is Cc1ccc(C(=O)Nc2ncc(C(=O)NC(/C=C/C(C)(C)C)C(=O)O)c(C)n2)cc1. The van der Waals surface area contributed by atoms with Crippen molar-refractivity contribution in [2.24, 2.45) is 5.41 Å². The Balaban J connectivity index is 2.12. The number of carbonyl (C=O) groups excluding carboxylic acids is 2. The average molecular weight is 410 g/mol. The minimum atomic E-state index is -1.18. The summed E-state index contributed by atoms with van der Waals surface area (Å²) in [6, 6.07) is 5.84. The van der Waals surface area contributed by atoms with Crippen LogP contribution < -0.4 is 10.6 Å². The molecule has 0 aliphatic heterocycles. The van der Waals surface area contributed by atoms with Crippen molar-refractivity contribution in [1.29, 1.82) is 0 Å². The number of hydrogen-bond acceptors (Lipinski definition) is 5. The molecule has 0 radical (unpaired) electrons. The fraction of sp³-hybridized carbons (Fsp3) is 0.318. The molecule has 30 heavy (non-hydrogen) atoms. The molecule has 0 saturated heterocycles. The lowest BCUT2D eigenvalue weighted by atomic mass is 9.95. The minimum absolute atomic E-state index is 0.0528. The predicted molar refractivity (Wildman–Crippen MR) is 113 cm³/mol. The molecule has 2 amide bonds. The molecular weight excluding hydrogens is 384 g/mol. The molecule has 3 N–H and O–H groups in total. The third-order valence-electron chi connectivity index (χ3n) is 4.10. The minimum Gasteiger partial charge on any atom is -0.479 e. The van der Waals surface area contributed by atoms with Gasteiger partial charge in [-0.05, 0) is 31.4 Å². The van der Waals surface area contributed by atoms with Crippen LogP contribution >= 0.6 is 0 Å². The van der Waals surface area contributed by atoms with Crippen LogP contribution in [0.5, 0.6) is 0 Å². The fourth-order valence-corrected chi connectivity index (χ4v) is 2.42. The van der Waals surface area contributed by atoms with Crippen molar-refractivity contribution < 1.29 is 19.5 Å². The molecule has 0 saturated carbocycles. The number of carboxylic acids is 1. The van der Waals surface area contributed by atoms with Gasteiger partial charge in [0.05, 0.1) is 11.3 Å². The van der Waals surface area contributed by atoms with Crippen LogP contribution in [0, 0.1) is 19.3 Å². The first kappa shape index (κ1) is 22.7. The van der Waals surface area contributed by atoms with Gasteiger partial charge in [0, 0.05) is 11.8 Å². The Bertz CT molecular complexity index is 976. The number of anilines is 1. The van der Waals surface area contributed by atoms with Gasteiger partial charge in [0.2, 0.25) is 5.95 Å². The van der Waals surface area contributed by atoms with Crippen LogP contribution in [0.2, 0.25) is 0 Å². The van der Waals surface area contributed by atoms with E-state index in [4.69, 9.17) is 0 Å². The van der Waals surface area contributed by atoms with Crippen molar-refractivity contribution >= 4 is 23.7 Å². The number of hydrogen-bond donors (Lipinski definition) is 3. The maximum absolute atomic E-state index is 12.5. The molecule has 1 aromatic carbocycles. The van der Waals surface area contributed by atoms with Gasteiger partial charge in [-0.3, -0.25) is 14.9 Å². The number of aryl methyl sites for hydroxylation is 2. The Kier molecular flexibility index (Phi) is 7.05. The van der Waals surface area contributed by atoms with E-state index >= 15 is 0 Å². The van der Waals surface area contributed by atoms with Crippen LogP contribution in [0.15, 0.2) is 42.6 Å². The van der Waals surface area contributed by atoms with Crippen molar-refractivity contribution in [2.75, 3.05) is 5.32 Å². The van der Waals surface area contributed by atoms with Gasteiger partial charge in [-0.1, -0.05) is 50.6 Å². The molecule has 8 nitrogen and oxygen atoms in total. The summed E-state index contributed by atoms with van der Waals surface area (Å²) >= 11 is 0. The highest BCUT2D eigenvalue weighted by molar-refractivity contribution is 6.03. The van der Waals surface area contributed by atoms with Gasteiger partial charge in [0.25, 0.3) is 11.8 Å². The summed E-state index contributed by atoms with van der Waals surface area (Å²) in [5, 5.41) is 14.4. The van der Waals surface area contributed by atoms with Crippen LogP contribution in [-0.2, 0) is 4.79 Å². The van der Waals surface area contributed by atoms with Crippen LogP contribution in [0.3, 0.4) is 0 Å². The molecule has 0 fully saturated rings. The smallest absolute Gasteiger partial charge is 0.330 e. The summed E-state index contributed by atoms with van der Waals surface area (Å²) in [7, 11) is 0. The van der Waals surface area contributed by atoms with E-state index < -0.39 is 17.9 Å². The maximum atomic E-state index is 12.5. The van der Waals surface area contributed by atoms with E-state index in [1.165, 1.54) is 12.3 Å². The van der Waals surface area contributed by atoms with Gasteiger partial charge >= 0.3 is 5.97 Å². The zero-order chi connectivity index (χ0) is 22.5. The molecule has 8 heteroatoms. The number of benzene rings is 1. The topological polar surface area (TPSA) is 121 Å². The third-order valence-corrected chi connectivity index (χ3v) is 4.10. The molecule has 0 bridgehead atoms. The number of nitrogens with zero attached hydrogens (tertiary/aromatic N) is 2. The number of carbonyl (C=O) groups is 3. The summed E-state index contributed by atoms with van der Waals surface area (Å²) < 4.78 is 0. The molecular formula is C22H26N4O4. The summed E-state index contributed by atoms with van der Waals surface area (Å²) in [5.41, 5.74) is 1.70. The zero-order valence-electron chi connectivity index (χ0n) is 17.7. The number of carboxylic acid groups (broad SMARTS) is 1. The molecule has 2 aromatic rings. The second-order valence-electron chi connectivity index (χ2n) is 8.03. The van der Waals surface area contributed by atoms with Crippen LogP contribution in [0.4, 0.5) is 5.95 Å². The van der Waals surface area contributed by atoms with Crippen LogP contribution in [0.1, 0.15) is 52.7 Å². The first-order valence-electron chi connectivity index (χ1n) is 9.41. The van der Waals surface area contributed by atoms with Gasteiger partial charge in [-0.25, -0.2) is 14.8 Å². The zero-order valence-corrected chi connectivity index (χ0v) is 17.7. The maximum Gasteiger partial charge on any atom is 0.330 e. The van der Waals surface area contributed by atoms with E-state index in [-0.39, 0.29) is 22.8 Å². The first-order valence-corrected chi connectivity index (χ1v) is 9.41. The largest absolute Gasteiger partial charge is 0.479 e. The predicted octanol–water partition coefficient (Wildman–Crippen LogP) is 3.13. The Labute approximate surface area is 175 Å². The summed E-state index contributed by atoms with van der Waals surface area (Å²) in [5.74, 6) is -2.11. The highest BCUT2D eigenvalue weighted by atomic mass is 16.4. The van der Waals surface area contributed by atoms with Crippen molar-refractivity contribution in [3.8, 4) is 0 Å². The monoisotopic (exact) mass is 410 g/mol. The normalized spacial score (nSPS) is 12.4. The van der Waals surface area contributed by atoms with E-state index in [9.17, 15) is 19.5 Å². The van der Waals surface area contributed by atoms with Crippen molar-refractivity contribution in [3.63, 3.8) is 0 Å². The second-order valence-corrected chi connectivity index (χ2v) is 8.03. The van der Waals surface area contributed by atoms with Crippen molar-refractivity contribution in [2.45, 2.75) is 40.7 Å². The Morgan fingerprint density at radius 2 is 1.70 bits per heavy atom. The molecule has 1 atom stereocenters. The molecule has 0 aliphatic carbocycles. The average Bonchev–Trinajstić information content (AvgIpc) is 2.64. The number of amides is 2. The van der Waals surface area contributed by atoms with E-state index in [2.05, 4.69) is 20.6 Å². The lowest BCUT2D eigenvalue weighted by molar-refractivity contribution is -0.137. The molecule has 0 spiro atoms. The molecule has 1 heterocycles. The number of aliphatic carboxylic acids is 1. The van der Waals surface area contributed by atoms with E-state index in [0.29, 0.717) is 11.3 Å². The summed E-state index contributed by atoms with van der Waals surface area (Å²) in [6.45, 7) is 9.27. The van der Waals surface area contributed by atoms with Gasteiger partial charge in [0.15, 0.2) is 0 Å². The number of nitrogens with one attached hydrogen (secondary N) is 2. The second kappa shape index (κ2) is 9.30. The van der Waals surface area contributed by atoms with Crippen molar-refractivity contribution in [3.05, 3.63) is 65.0 Å². The Hall–Kier alpha value is -3.55. The highest BCUT2D eigenvalue weighted by Gasteiger charge is 2.21. The quantitative estimate of drug-likeness (QED) is 0.629. The van der Waals surface area contributed by atoms with E-state index in [1.807, 2.05) is 39.8 Å². The molecule has 1 aromatic heterocycles. The van der Waals surface area contributed by atoms with Gasteiger partial charge < -0.3 is 10.4 Å². The number of aromatic nitrogens is 2. The Morgan fingerprint density at radius 3 is 2.23 bits per heavy atom. The van der Waals surface area contributed by atoms with Crippen molar-refractivity contribution in [1.82, 2.24) is 15.3 Å². The van der Waals surface area contributed by atoms with Gasteiger partial charge in [-0.15, -0.1) is 0 Å². The van der Waals surface area contributed by atoms with Crippen LogP contribution in [0.25, 0.3) is 0 Å². The lowest BCUT2D eigenvalue weighted by Crippen LogP contribution is -2.40. The third kappa shape index (κ3) is 6.51. The van der Waals surface area contributed by atoms with Gasteiger partial charge in [0.1, 0.15) is 6.04 Å². The molecule has 0 aliphatic rings. The first-order chi connectivity index (χ1) is 14.0. The van der Waals surface area contributed by atoms with E-state index in [1.54, 1.807) is 25.1 Å². The molecule has 1 unspecified atom stereocenters. The Morgan fingerprint density at radius 1 is 1.07 bits per heavy atom. The fourth-order valence-electron chi connectivity index (χ4n) is 2.42. The van der Waals surface area contributed by atoms with E-state index in [0.717, 1.165) is 5.56 Å². The molecule has 2 rings (SSSR count). The highest BCUT2D eigenvalue weighted by Crippen LogP contribution is 2.15.